The number of oxazole rings is 1. The minimum Gasteiger partial charge on any atom is -0.439 e. The van der Waals surface area contributed by atoms with Crippen LogP contribution in [0.15, 0.2) is 52.9 Å². The number of nitrogens with one attached hydrogen (secondary N) is 1. The number of para-hydroxylation sites is 2. The second kappa shape index (κ2) is 10.0. The first-order valence-electron chi connectivity index (χ1n) is 8.81. The second-order valence-corrected chi connectivity index (χ2v) is 6.63. The summed E-state index contributed by atoms with van der Waals surface area (Å²) in [4.78, 5) is 6.94. The first-order valence-corrected chi connectivity index (χ1v) is 8.81. The highest BCUT2D eigenvalue weighted by atomic mass is 35.5. The van der Waals surface area contributed by atoms with Gasteiger partial charge in [-0.15, -0.1) is 24.8 Å². The van der Waals surface area contributed by atoms with Gasteiger partial charge >= 0.3 is 0 Å². The van der Waals surface area contributed by atoms with Crippen molar-refractivity contribution in [3.8, 4) is 0 Å². The van der Waals surface area contributed by atoms with Crippen LogP contribution in [0.25, 0.3) is 11.1 Å². The Bertz CT molecular complexity index is 800. The Labute approximate surface area is 171 Å². The van der Waals surface area contributed by atoms with Gasteiger partial charge in [0.2, 0.25) is 5.89 Å². The van der Waals surface area contributed by atoms with E-state index < -0.39 is 0 Å². The van der Waals surface area contributed by atoms with Gasteiger partial charge in [0, 0.05) is 25.7 Å². The van der Waals surface area contributed by atoms with Gasteiger partial charge in [-0.05, 0) is 42.7 Å². The molecule has 1 saturated heterocycles. The van der Waals surface area contributed by atoms with Crippen molar-refractivity contribution in [3.63, 3.8) is 0 Å². The van der Waals surface area contributed by atoms with Crippen LogP contribution in [0.3, 0.4) is 0 Å². The monoisotopic (exact) mass is 411 g/mol. The molecule has 0 amide bonds. The largest absolute Gasteiger partial charge is 0.439 e. The zero-order valence-electron chi connectivity index (χ0n) is 14.9. The summed E-state index contributed by atoms with van der Waals surface area (Å²) >= 11 is 0. The molecule has 7 heteroatoms. The topological polar surface area (TPSA) is 41.3 Å². The van der Waals surface area contributed by atoms with Crippen LogP contribution < -0.4 is 5.32 Å². The number of benzene rings is 2. The summed E-state index contributed by atoms with van der Waals surface area (Å²) in [7, 11) is 0. The number of piperidine rings is 1. The zero-order chi connectivity index (χ0) is 17.1. The minimum atomic E-state index is -0.184. The molecule has 0 radical (unpaired) electrons. The van der Waals surface area contributed by atoms with Gasteiger partial charge < -0.3 is 9.73 Å². The molecule has 4 rings (SSSR count). The fourth-order valence-electron chi connectivity index (χ4n) is 3.34. The van der Waals surface area contributed by atoms with E-state index in [4.69, 9.17) is 4.42 Å². The third-order valence-electron chi connectivity index (χ3n) is 4.79. The molecule has 1 aliphatic rings. The molecule has 0 aliphatic carbocycles. The van der Waals surface area contributed by atoms with Crippen LogP contribution in [-0.2, 0) is 13.1 Å². The molecular formula is C20H24Cl2FN3O. The lowest BCUT2D eigenvalue weighted by molar-refractivity contribution is 0.176. The predicted molar refractivity (Wildman–Crippen MR) is 110 cm³/mol. The summed E-state index contributed by atoms with van der Waals surface area (Å²) in [6.07, 6.45) is 2.20. The summed E-state index contributed by atoms with van der Waals surface area (Å²) in [5, 5.41) is 3.58. The van der Waals surface area contributed by atoms with Gasteiger partial charge in [-0.2, -0.15) is 0 Å². The van der Waals surface area contributed by atoms with Gasteiger partial charge in [0.1, 0.15) is 11.3 Å². The van der Waals surface area contributed by atoms with Crippen LogP contribution in [0.2, 0.25) is 0 Å². The molecule has 1 aliphatic heterocycles. The zero-order valence-corrected chi connectivity index (χ0v) is 16.6. The van der Waals surface area contributed by atoms with Crippen molar-refractivity contribution < 1.29 is 8.81 Å². The normalized spacial score (nSPS) is 15.3. The van der Waals surface area contributed by atoms with E-state index in [1.807, 2.05) is 36.4 Å². The Kier molecular flexibility index (Phi) is 8.05. The Morgan fingerprint density at radius 2 is 1.74 bits per heavy atom. The first kappa shape index (κ1) is 21.6. The smallest absolute Gasteiger partial charge is 0.209 e. The Morgan fingerprint density at radius 1 is 1.04 bits per heavy atom. The average molecular weight is 412 g/mol. The molecular weight excluding hydrogens is 388 g/mol. The third kappa shape index (κ3) is 5.66. The van der Waals surface area contributed by atoms with Crippen molar-refractivity contribution >= 4 is 35.9 Å². The third-order valence-corrected chi connectivity index (χ3v) is 4.79. The fourth-order valence-corrected chi connectivity index (χ4v) is 3.34. The molecule has 0 spiro atoms. The Balaban J connectivity index is 0.00000131. The SMILES string of the molecule is Cl.Cl.Fc1ccc(CNC2CCN(Cc3nc4ccccc4o3)CC2)cc1. The second-order valence-electron chi connectivity index (χ2n) is 6.63. The number of nitrogens with zero attached hydrogens (tertiary/aromatic N) is 2. The number of fused-ring (bicyclic) bond motifs is 1. The van der Waals surface area contributed by atoms with Crippen LogP contribution in [0.5, 0.6) is 0 Å². The molecule has 0 atom stereocenters. The van der Waals surface area contributed by atoms with Crippen LogP contribution in [-0.4, -0.2) is 29.0 Å². The molecule has 146 valence electrons. The lowest BCUT2D eigenvalue weighted by atomic mass is 10.0. The van der Waals surface area contributed by atoms with Gasteiger partial charge in [0.25, 0.3) is 0 Å². The summed E-state index contributed by atoms with van der Waals surface area (Å²) in [6, 6.07) is 15.1. The van der Waals surface area contributed by atoms with E-state index in [0.29, 0.717) is 6.04 Å². The quantitative estimate of drug-likeness (QED) is 0.667. The molecule has 1 fully saturated rings. The highest BCUT2D eigenvalue weighted by Gasteiger charge is 2.20. The average Bonchev–Trinajstić information content (AvgIpc) is 3.05. The summed E-state index contributed by atoms with van der Waals surface area (Å²) in [6.45, 7) is 3.61. The van der Waals surface area contributed by atoms with E-state index in [1.54, 1.807) is 0 Å². The molecule has 0 bridgehead atoms. The van der Waals surface area contributed by atoms with E-state index in [2.05, 4.69) is 15.2 Å². The van der Waals surface area contributed by atoms with Gasteiger partial charge in [-0.3, -0.25) is 4.90 Å². The maximum Gasteiger partial charge on any atom is 0.209 e. The molecule has 0 unspecified atom stereocenters. The minimum absolute atomic E-state index is 0. The number of rotatable bonds is 5. The Hall–Kier alpha value is -1.66. The fraction of sp³-hybridized carbons (Fsp3) is 0.350. The Morgan fingerprint density at radius 3 is 2.44 bits per heavy atom. The van der Waals surface area contributed by atoms with Crippen molar-refractivity contribution in [2.75, 3.05) is 13.1 Å². The van der Waals surface area contributed by atoms with Gasteiger partial charge in [-0.1, -0.05) is 24.3 Å². The highest BCUT2D eigenvalue weighted by Crippen LogP contribution is 2.18. The standard InChI is InChI=1S/C20H22FN3O.2ClH/c21-16-7-5-15(6-8-16)13-22-17-9-11-24(12-10-17)14-20-23-18-3-1-2-4-19(18)25-20;;/h1-8,17,22H,9-14H2;2*1H. The number of hydrogen-bond donors (Lipinski definition) is 1. The van der Waals surface area contributed by atoms with E-state index >= 15 is 0 Å². The van der Waals surface area contributed by atoms with Gasteiger partial charge in [0.15, 0.2) is 5.58 Å². The van der Waals surface area contributed by atoms with E-state index in [9.17, 15) is 4.39 Å². The van der Waals surface area contributed by atoms with Gasteiger partial charge in [0.05, 0.1) is 6.54 Å². The number of hydrogen-bond acceptors (Lipinski definition) is 4. The van der Waals surface area contributed by atoms with Crippen molar-refractivity contribution in [1.29, 1.82) is 0 Å². The van der Waals surface area contributed by atoms with Crippen LogP contribution in [0.4, 0.5) is 4.39 Å². The van der Waals surface area contributed by atoms with Crippen LogP contribution in [0.1, 0.15) is 24.3 Å². The number of aromatic nitrogens is 1. The van der Waals surface area contributed by atoms with Crippen LogP contribution >= 0.6 is 24.8 Å². The maximum absolute atomic E-state index is 12.9. The molecule has 3 aromatic rings. The predicted octanol–water partition coefficient (Wildman–Crippen LogP) is 4.56. The molecule has 27 heavy (non-hydrogen) atoms. The van der Waals surface area contributed by atoms with E-state index in [1.165, 1.54) is 12.1 Å². The molecule has 1 N–H and O–H groups in total. The molecule has 2 heterocycles. The van der Waals surface area contributed by atoms with E-state index in [0.717, 1.165) is 61.6 Å². The van der Waals surface area contributed by atoms with Crippen molar-refractivity contribution in [1.82, 2.24) is 15.2 Å². The molecule has 4 nitrogen and oxygen atoms in total. The first-order chi connectivity index (χ1) is 12.3. The molecule has 0 saturated carbocycles. The number of likely N-dealkylation sites (tertiary alicyclic amines) is 1. The molecule has 2 aromatic carbocycles. The summed E-state index contributed by atoms with van der Waals surface area (Å²) in [5.74, 6) is 0.607. The maximum atomic E-state index is 12.9. The summed E-state index contributed by atoms with van der Waals surface area (Å²) in [5.41, 5.74) is 2.90. The van der Waals surface area contributed by atoms with Crippen LogP contribution in [0, 0.1) is 5.82 Å². The highest BCUT2D eigenvalue weighted by molar-refractivity contribution is 5.85. The van der Waals surface area contributed by atoms with Crippen molar-refractivity contribution in [3.05, 3.63) is 65.8 Å². The number of halogens is 3. The summed E-state index contributed by atoms with van der Waals surface area (Å²) < 4.78 is 18.7. The lowest BCUT2D eigenvalue weighted by Crippen LogP contribution is -2.41. The molecule has 1 aromatic heterocycles. The van der Waals surface area contributed by atoms with Gasteiger partial charge in [-0.25, -0.2) is 9.37 Å². The lowest BCUT2D eigenvalue weighted by Gasteiger charge is -2.31. The van der Waals surface area contributed by atoms with Crippen molar-refractivity contribution in [2.24, 2.45) is 0 Å². The van der Waals surface area contributed by atoms with E-state index in [-0.39, 0.29) is 30.6 Å². The van der Waals surface area contributed by atoms with Crippen molar-refractivity contribution in [2.45, 2.75) is 32.0 Å².